The second-order valence-electron chi connectivity index (χ2n) is 21.8. The first-order valence-electron chi connectivity index (χ1n) is 30.0. The number of carbonyl (C=O) groups excluding carboxylic acids is 3. The summed E-state index contributed by atoms with van der Waals surface area (Å²) in [5.41, 5.74) is 7.75. The van der Waals surface area contributed by atoms with Gasteiger partial charge in [0.15, 0.2) is 16.9 Å². The number of benzene rings is 2. The third-order valence-corrected chi connectivity index (χ3v) is 15.9. The number of ether oxygens (including phenoxy) is 2. The lowest BCUT2D eigenvalue weighted by molar-refractivity contribution is -0.462. The van der Waals surface area contributed by atoms with Crippen LogP contribution in [0.2, 0.25) is 0 Å². The number of carboxylic acid groups (broad SMARTS) is 1. The van der Waals surface area contributed by atoms with Crippen LogP contribution in [0.25, 0.3) is 5.57 Å². The maximum Gasteiger partial charge on any atom is 0.472 e. The number of hydrogen-bond acceptors (Lipinski definition) is 11. The van der Waals surface area contributed by atoms with Gasteiger partial charge in [-0.05, 0) is 95.2 Å². The fraction of sp³-hybridized carbons (Fsp3) is 0.635. The Bertz CT molecular complexity index is 2390. The van der Waals surface area contributed by atoms with E-state index in [0.717, 1.165) is 77.8 Å². The zero-order chi connectivity index (χ0) is 57.3. The summed E-state index contributed by atoms with van der Waals surface area (Å²) in [4.78, 5) is 51.2. The number of hydrogen-bond donors (Lipinski definition) is 3. The van der Waals surface area contributed by atoms with E-state index in [1.807, 2.05) is 62.0 Å². The predicted octanol–water partition coefficient (Wildman–Crippen LogP) is 13.5. The fourth-order valence-electron chi connectivity index (χ4n) is 10.1. The van der Waals surface area contributed by atoms with Gasteiger partial charge in [0, 0.05) is 62.6 Å². The van der Waals surface area contributed by atoms with E-state index in [2.05, 4.69) is 36.6 Å². The van der Waals surface area contributed by atoms with E-state index in [1.165, 1.54) is 122 Å². The second kappa shape index (κ2) is 38.1. The number of allylic oxidation sites excluding steroid dienone is 5. The highest BCUT2D eigenvalue weighted by molar-refractivity contribution is 7.80. The van der Waals surface area contributed by atoms with Crippen molar-refractivity contribution >= 4 is 65.7 Å². The van der Waals surface area contributed by atoms with Crippen LogP contribution in [-0.2, 0) is 39.1 Å². The monoisotopic (exact) mass is 1130 g/mol. The molecular formula is C63H97N4O10PS. The van der Waals surface area contributed by atoms with Crippen LogP contribution < -0.4 is 20.6 Å². The van der Waals surface area contributed by atoms with E-state index in [9.17, 15) is 28.9 Å². The number of anilines is 2. The highest BCUT2D eigenvalue weighted by atomic mass is 32.1. The van der Waals surface area contributed by atoms with Crippen LogP contribution >= 0.6 is 20.0 Å². The average Bonchev–Trinajstić information content (AvgIpc) is 3.62. The molecule has 0 heterocycles. The number of thiocarbonyl (C=S) groups is 1. The Hall–Kier alpha value is -4.66. The maximum absolute atomic E-state index is 13.1. The Kier molecular flexibility index (Phi) is 32.3. The molecule has 14 nitrogen and oxygen atoms in total. The molecule has 2 aromatic carbocycles. The molecule has 4 rings (SSSR count). The molecule has 0 aromatic heterocycles. The van der Waals surface area contributed by atoms with Crippen LogP contribution in [0.1, 0.15) is 221 Å². The van der Waals surface area contributed by atoms with E-state index < -0.39 is 38.4 Å². The zero-order valence-electron chi connectivity index (χ0n) is 49.0. The zero-order valence-corrected chi connectivity index (χ0v) is 50.7. The summed E-state index contributed by atoms with van der Waals surface area (Å²) in [6.07, 6.45) is 37.0. The lowest BCUT2D eigenvalue weighted by Gasteiger charge is -2.29. The summed E-state index contributed by atoms with van der Waals surface area (Å²) in [5, 5.41) is 18.9. The first-order chi connectivity index (χ1) is 38.1. The summed E-state index contributed by atoms with van der Waals surface area (Å²) in [7, 11) is 3.26. The number of phosphoric acid groups is 1. The lowest BCUT2D eigenvalue weighted by atomic mass is 9.76. The van der Waals surface area contributed by atoms with Gasteiger partial charge >= 0.3 is 19.8 Å². The molecule has 2 atom stereocenters. The normalized spacial score (nSPS) is 14.0. The van der Waals surface area contributed by atoms with E-state index in [1.54, 1.807) is 12.1 Å². The summed E-state index contributed by atoms with van der Waals surface area (Å²) in [5.74, 6) is -2.23. The molecule has 0 fully saturated rings. The maximum atomic E-state index is 13.1. The van der Waals surface area contributed by atoms with Crippen molar-refractivity contribution in [1.82, 2.24) is 5.32 Å². The van der Waals surface area contributed by atoms with Gasteiger partial charge in [-0.15, -0.1) is 0 Å². The third kappa shape index (κ3) is 26.2. The van der Waals surface area contributed by atoms with Crippen LogP contribution in [0.3, 0.4) is 0 Å². The highest BCUT2D eigenvalue weighted by Gasteiger charge is 2.29. The van der Waals surface area contributed by atoms with Gasteiger partial charge in [-0.1, -0.05) is 180 Å². The van der Waals surface area contributed by atoms with E-state index in [-0.39, 0.29) is 43.3 Å². The number of nitrogens with one attached hydrogen (secondary N) is 2. The van der Waals surface area contributed by atoms with Crippen molar-refractivity contribution in [3.63, 3.8) is 0 Å². The molecule has 0 saturated carbocycles. The minimum atomic E-state index is -4.67. The molecule has 79 heavy (non-hydrogen) atoms. The SMILES string of the molecule is CCCCCCCCCCCCCCCC(=O)OC[C@H](COP(=O)(O)OCCNC(=S)Nc1ccc(C(=O)[O-])c(C2=C3C=CC(=[N+](C)C)C=C3Cc3cc(N(C)C)ccc32)c1)OC(=O)CCCCCCCCCCCCCCC. The molecule has 3 N–H and O–H groups in total. The van der Waals surface area contributed by atoms with Crippen molar-refractivity contribution in [1.29, 1.82) is 0 Å². The van der Waals surface area contributed by atoms with Gasteiger partial charge in [0.2, 0.25) is 0 Å². The first kappa shape index (κ1) is 66.8. The quantitative estimate of drug-likeness (QED) is 0.0188. The van der Waals surface area contributed by atoms with Gasteiger partial charge in [0.1, 0.15) is 20.7 Å². The summed E-state index contributed by atoms with van der Waals surface area (Å²) >= 11 is 5.59. The molecule has 0 spiro atoms. The summed E-state index contributed by atoms with van der Waals surface area (Å²) < 4.78 is 36.9. The largest absolute Gasteiger partial charge is 0.545 e. The number of fused-ring (bicyclic) bond motifs is 2. The van der Waals surface area contributed by atoms with Crippen LogP contribution in [0.5, 0.6) is 0 Å². The van der Waals surface area contributed by atoms with Crippen molar-refractivity contribution in [2.45, 2.75) is 206 Å². The van der Waals surface area contributed by atoms with Crippen molar-refractivity contribution in [3.8, 4) is 0 Å². The molecule has 0 radical (unpaired) electrons. The number of aromatic carboxylic acids is 1. The molecule has 440 valence electrons. The molecule has 16 heteroatoms. The third-order valence-electron chi connectivity index (χ3n) is 14.7. The lowest BCUT2D eigenvalue weighted by Crippen LogP contribution is -2.32. The number of rotatable bonds is 42. The first-order valence-corrected chi connectivity index (χ1v) is 31.9. The van der Waals surface area contributed by atoms with E-state index in [0.29, 0.717) is 30.5 Å². The van der Waals surface area contributed by atoms with Gasteiger partial charge in [-0.2, -0.15) is 0 Å². The number of carboxylic acids is 1. The molecule has 0 saturated heterocycles. The fourth-order valence-corrected chi connectivity index (χ4v) is 11.0. The topological polar surface area (TPSA) is 179 Å². The van der Waals surface area contributed by atoms with Crippen molar-refractivity contribution in [2.75, 3.05) is 64.8 Å². The minimum absolute atomic E-state index is 0.00137. The molecule has 2 aliphatic rings. The van der Waals surface area contributed by atoms with Crippen LogP contribution in [0.4, 0.5) is 11.4 Å². The van der Waals surface area contributed by atoms with Gasteiger partial charge in [0.05, 0.1) is 19.2 Å². The number of unbranched alkanes of at least 4 members (excludes halogenated alkanes) is 24. The Morgan fingerprint density at radius 3 is 1.78 bits per heavy atom. The smallest absolute Gasteiger partial charge is 0.472 e. The van der Waals surface area contributed by atoms with Crippen molar-refractivity contribution < 1.29 is 52.0 Å². The number of phosphoric ester groups is 1. The Labute approximate surface area is 479 Å². The number of nitrogens with zero attached hydrogens (tertiary/aromatic N) is 2. The summed E-state index contributed by atoms with van der Waals surface area (Å²) in [6.45, 7) is 3.35. The number of esters is 2. The highest BCUT2D eigenvalue weighted by Crippen LogP contribution is 2.44. The standard InChI is InChI=1S/C63H97N4O10PS/c1-7-9-11-13-15-17-19-21-23-25-27-29-31-33-59(68)74-47-54(77-60(69)34-32-30-28-26-24-22-20-18-16-14-12-10-8-2)48-76-78(72,73)75-42-41-64-63(79)65-51-35-38-57(62(70)71)58(46-51)61-55-39-36-52(66(3)4)44-49(55)43-50-45-53(67(5)6)37-40-56(50)61/h35-40,44-46,54H,7-34,41-43,47-48H2,1-6H3,(H3-,64,65,70,71,72,73,79)/t54-/m1/s1. The average molecular weight is 1130 g/mol. The molecule has 0 amide bonds. The molecule has 2 aliphatic carbocycles. The second-order valence-corrected chi connectivity index (χ2v) is 23.7. The predicted molar refractivity (Wildman–Crippen MR) is 323 cm³/mol. The molecule has 0 bridgehead atoms. The molecular weight excluding hydrogens is 1040 g/mol. The van der Waals surface area contributed by atoms with Gasteiger partial charge in [-0.25, -0.2) is 9.14 Å². The van der Waals surface area contributed by atoms with Crippen molar-refractivity contribution in [2.24, 2.45) is 0 Å². The van der Waals surface area contributed by atoms with Gasteiger partial charge in [-0.3, -0.25) is 18.6 Å². The summed E-state index contributed by atoms with van der Waals surface area (Å²) in [6, 6.07) is 11.0. The van der Waals surface area contributed by atoms with Crippen molar-refractivity contribution in [3.05, 3.63) is 88.0 Å². The molecule has 2 aromatic rings. The van der Waals surface area contributed by atoms with Crippen LogP contribution in [0.15, 0.2) is 65.8 Å². The van der Waals surface area contributed by atoms with Gasteiger partial charge in [0.25, 0.3) is 0 Å². The van der Waals surface area contributed by atoms with E-state index >= 15 is 0 Å². The van der Waals surface area contributed by atoms with Gasteiger partial charge < -0.3 is 39.8 Å². The van der Waals surface area contributed by atoms with E-state index in [4.69, 9.17) is 30.7 Å². The Morgan fingerprint density at radius 1 is 0.709 bits per heavy atom. The van der Waals surface area contributed by atoms with Crippen LogP contribution in [0, 0.1) is 0 Å². The minimum Gasteiger partial charge on any atom is -0.545 e. The number of carbonyl (C=O) groups is 3. The van der Waals surface area contributed by atoms with Crippen LogP contribution in [-0.4, -0.2) is 98.9 Å². The molecule has 0 aliphatic heterocycles. The molecule has 1 unspecified atom stereocenters. The Balaban J connectivity index is 1.27. The Morgan fingerprint density at radius 2 is 1.25 bits per heavy atom.